The molecule has 1 heteroatoms. The summed E-state index contributed by atoms with van der Waals surface area (Å²) in [4.78, 5) is 2.46. The van der Waals surface area contributed by atoms with Crippen LogP contribution in [0.5, 0.6) is 0 Å². The van der Waals surface area contributed by atoms with Crippen molar-refractivity contribution in [3.8, 4) is 0 Å². The Morgan fingerprint density at radius 3 is 2.25 bits per heavy atom. The Labute approximate surface area is 122 Å². The van der Waals surface area contributed by atoms with Gasteiger partial charge in [0.1, 0.15) is 0 Å². The molecule has 20 heavy (non-hydrogen) atoms. The number of nitrogens with zero attached hydrogens (tertiary/aromatic N) is 1. The van der Waals surface area contributed by atoms with Crippen LogP contribution in [-0.4, -0.2) is 6.04 Å². The molecule has 1 nitrogen and oxygen atoms in total. The van der Waals surface area contributed by atoms with Gasteiger partial charge in [-0.05, 0) is 36.6 Å². The molecule has 0 N–H and O–H groups in total. The van der Waals surface area contributed by atoms with Crippen LogP contribution in [0.3, 0.4) is 0 Å². The van der Waals surface area contributed by atoms with E-state index in [0.29, 0.717) is 6.04 Å². The van der Waals surface area contributed by atoms with Crippen LogP contribution in [0.15, 0.2) is 61.2 Å². The van der Waals surface area contributed by atoms with Crippen molar-refractivity contribution in [3.05, 3.63) is 72.3 Å². The van der Waals surface area contributed by atoms with Gasteiger partial charge in [-0.1, -0.05) is 62.0 Å². The summed E-state index contributed by atoms with van der Waals surface area (Å²) in [6.45, 7) is 9.26. The van der Waals surface area contributed by atoms with Gasteiger partial charge in [-0.3, -0.25) is 0 Å². The third kappa shape index (κ3) is 3.51. The molecular weight excluding hydrogens is 242 g/mol. The van der Waals surface area contributed by atoms with E-state index in [0.717, 1.165) is 13.0 Å². The summed E-state index contributed by atoms with van der Waals surface area (Å²) in [5, 5.41) is 0. The lowest BCUT2D eigenvalue weighted by atomic mass is 10.1. The number of benzene rings is 2. The molecule has 0 fully saturated rings. The first-order valence-corrected chi connectivity index (χ1v) is 7.27. The van der Waals surface area contributed by atoms with Gasteiger partial charge < -0.3 is 4.90 Å². The maximum absolute atomic E-state index is 3.80. The molecule has 104 valence electrons. The van der Waals surface area contributed by atoms with Crippen LogP contribution in [0.4, 0.5) is 5.69 Å². The first-order valence-electron chi connectivity index (χ1n) is 7.27. The van der Waals surface area contributed by atoms with E-state index < -0.39 is 0 Å². The van der Waals surface area contributed by atoms with E-state index in [1.807, 2.05) is 6.08 Å². The Morgan fingerprint density at radius 1 is 1.05 bits per heavy atom. The topological polar surface area (TPSA) is 3.24 Å². The summed E-state index contributed by atoms with van der Waals surface area (Å²) in [6, 6.07) is 19.8. The zero-order valence-electron chi connectivity index (χ0n) is 12.4. The lowest BCUT2D eigenvalue weighted by Gasteiger charge is -2.31. The fraction of sp³-hybridized carbons (Fsp3) is 0.263. The number of rotatable bonds is 6. The van der Waals surface area contributed by atoms with Gasteiger partial charge in [0.15, 0.2) is 0 Å². The molecule has 1 atom stereocenters. The van der Waals surface area contributed by atoms with Crippen molar-refractivity contribution in [3.63, 3.8) is 0 Å². The summed E-state index contributed by atoms with van der Waals surface area (Å²) in [6.07, 6.45) is 3.02. The molecule has 0 aliphatic heterocycles. The molecule has 2 aromatic rings. The third-order valence-electron chi connectivity index (χ3n) is 3.78. The fourth-order valence-corrected chi connectivity index (χ4v) is 2.30. The summed E-state index contributed by atoms with van der Waals surface area (Å²) in [5.41, 5.74) is 3.79. The monoisotopic (exact) mass is 265 g/mol. The van der Waals surface area contributed by atoms with E-state index in [-0.39, 0.29) is 0 Å². The molecule has 0 amide bonds. The van der Waals surface area contributed by atoms with Gasteiger partial charge in [0.05, 0.1) is 0 Å². The minimum atomic E-state index is 0.525. The average Bonchev–Trinajstić information content (AvgIpc) is 2.53. The zero-order valence-corrected chi connectivity index (χ0v) is 12.4. The van der Waals surface area contributed by atoms with Gasteiger partial charge in [-0.15, -0.1) is 0 Å². The Bertz CT molecular complexity index is 527. The molecule has 0 bridgehead atoms. The van der Waals surface area contributed by atoms with Crippen LogP contribution in [-0.2, 0) is 6.54 Å². The van der Waals surface area contributed by atoms with Gasteiger partial charge in [0, 0.05) is 18.3 Å². The first kappa shape index (κ1) is 14.4. The molecule has 1 unspecified atom stereocenters. The van der Waals surface area contributed by atoms with Crippen LogP contribution < -0.4 is 4.90 Å². The Hall–Kier alpha value is -2.02. The van der Waals surface area contributed by atoms with Crippen LogP contribution in [0.2, 0.25) is 0 Å². The van der Waals surface area contributed by atoms with Gasteiger partial charge in [-0.25, -0.2) is 0 Å². The first-order chi connectivity index (χ1) is 9.74. The van der Waals surface area contributed by atoms with Crippen molar-refractivity contribution in [2.75, 3.05) is 4.90 Å². The van der Waals surface area contributed by atoms with Crippen molar-refractivity contribution in [1.29, 1.82) is 0 Å². The van der Waals surface area contributed by atoms with E-state index in [1.54, 1.807) is 0 Å². The van der Waals surface area contributed by atoms with Gasteiger partial charge in [-0.2, -0.15) is 0 Å². The van der Waals surface area contributed by atoms with Crippen molar-refractivity contribution < 1.29 is 0 Å². The summed E-state index contributed by atoms with van der Waals surface area (Å²) >= 11 is 0. The van der Waals surface area contributed by atoms with E-state index in [4.69, 9.17) is 0 Å². The van der Waals surface area contributed by atoms with Crippen molar-refractivity contribution in [2.45, 2.75) is 32.9 Å². The minimum absolute atomic E-state index is 0.525. The SMILES string of the molecule is C=Cc1ccc(CN(c2ccccc2)C(C)CC)cc1. The smallest absolute Gasteiger partial charge is 0.0432 e. The predicted molar refractivity (Wildman–Crippen MR) is 88.9 cm³/mol. The highest BCUT2D eigenvalue weighted by Gasteiger charge is 2.13. The molecule has 0 aromatic heterocycles. The van der Waals surface area contributed by atoms with E-state index in [1.165, 1.54) is 16.8 Å². The van der Waals surface area contributed by atoms with Crippen LogP contribution >= 0.6 is 0 Å². The number of hydrogen-bond donors (Lipinski definition) is 0. The molecule has 2 aromatic carbocycles. The molecule has 0 aliphatic rings. The molecule has 0 heterocycles. The van der Waals surface area contributed by atoms with Crippen molar-refractivity contribution >= 4 is 11.8 Å². The normalized spacial score (nSPS) is 11.9. The highest BCUT2D eigenvalue weighted by molar-refractivity contribution is 5.50. The third-order valence-corrected chi connectivity index (χ3v) is 3.78. The minimum Gasteiger partial charge on any atom is -0.365 e. The Morgan fingerprint density at radius 2 is 1.70 bits per heavy atom. The van der Waals surface area contributed by atoms with Crippen LogP contribution in [0, 0.1) is 0 Å². The Balaban J connectivity index is 2.21. The number of anilines is 1. The molecular formula is C19H23N. The maximum atomic E-state index is 3.80. The number of para-hydroxylation sites is 1. The lowest BCUT2D eigenvalue weighted by Crippen LogP contribution is -2.31. The highest BCUT2D eigenvalue weighted by atomic mass is 15.2. The van der Waals surface area contributed by atoms with Crippen molar-refractivity contribution in [1.82, 2.24) is 0 Å². The quantitative estimate of drug-likeness (QED) is 0.699. The molecule has 0 saturated carbocycles. The second-order valence-electron chi connectivity index (χ2n) is 5.17. The molecule has 0 saturated heterocycles. The molecule has 0 spiro atoms. The number of hydrogen-bond acceptors (Lipinski definition) is 1. The van der Waals surface area contributed by atoms with E-state index in [9.17, 15) is 0 Å². The van der Waals surface area contributed by atoms with Crippen molar-refractivity contribution in [2.24, 2.45) is 0 Å². The van der Waals surface area contributed by atoms with Gasteiger partial charge in [0.25, 0.3) is 0 Å². The summed E-state index contributed by atoms with van der Waals surface area (Å²) < 4.78 is 0. The summed E-state index contributed by atoms with van der Waals surface area (Å²) in [5.74, 6) is 0. The van der Waals surface area contributed by atoms with E-state index >= 15 is 0 Å². The fourth-order valence-electron chi connectivity index (χ4n) is 2.30. The standard InChI is InChI=1S/C19H23N/c1-4-16(3)20(19-9-7-6-8-10-19)15-18-13-11-17(5-2)12-14-18/h5-14,16H,2,4,15H2,1,3H3. The average molecular weight is 265 g/mol. The second-order valence-corrected chi connectivity index (χ2v) is 5.17. The van der Waals surface area contributed by atoms with Gasteiger partial charge in [0.2, 0.25) is 0 Å². The predicted octanol–water partition coefficient (Wildman–Crippen LogP) is 5.13. The van der Waals surface area contributed by atoms with Gasteiger partial charge >= 0.3 is 0 Å². The van der Waals surface area contributed by atoms with Crippen LogP contribution in [0.25, 0.3) is 6.08 Å². The van der Waals surface area contributed by atoms with Crippen LogP contribution in [0.1, 0.15) is 31.4 Å². The summed E-state index contributed by atoms with van der Waals surface area (Å²) in [7, 11) is 0. The maximum Gasteiger partial charge on any atom is 0.0432 e. The van der Waals surface area contributed by atoms with E-state index in [2.05, 4.69) is 79.9 Å². The largest absolute Gasteiger partial charge is 0.365 e. The molecule has 0 radical (unpaired) electrons. The lowest BCUT2D eigenvalue weighted by molar-refractivity contribution is 0.614. The zero-order chi connectivity index (χ0) is 14.4. The molecule has 2 rings (SSSR count). The Kier molecular flexibility index (Phi) is 5.00. The molecule has 0 aliphatic carbocycles. The second kappa shape index (κ2) is 6.95. The highest BCUT2D eigenvalue weighted by Crippen LogP contribution is 2.21.